The lowest BCUT2D eigenvalue weighted by Gasteiger charge is -2.10. The number of hydrogen-bond acceptors (Lipinski definition) is 3. The van der Waals surface area contributed by atoms with Gasteiger partial charge in [-0.15, -0.1) is 0 Å². The van der Waals surface area contributed by atoms with Crippen LogP contribution in [0.15, 0.2) is 12.1 Å². The Morgan fingerprint density at radius 1 is 1.50 bits per heavy atom. The molecule has 0 spiro atoms. The van der Waals surface area contributed by atoms with Crippen LogP contribution in [0.5, 0.6) is 0 Å². The molecule has 1 saturated carbocycles. The fraction of sp³-hybridized carbons (Fsp3) is 0.545. The highest BCUT2D eigenvalue weighted by molar-refractivity contribution is 5.40. The maximum atomic E-state index is 9.43. The van der Waals surface area contributed by atoms with Crippen molar-refractivity contribution in [2.75, 3.05) is 5.32 Å². The minimum Gasteiger partial charge on any atom is -0.389 e. The first-order valence-electron chi connectivity index (χ1n) is 5.09. The first-order chi connectivity index (χ1) is 6.66. The lowest BCUT2D eigenvalue weighted by molar-refractivity contribution is 0.198. The fourth-order valence-electron chi connectivity index (χ4n) is 1.53. The second-order valence-corrected chi connectivity index (χ2v) is 3.97. The molecule has 1 aliphatic carbocycles. The molecule has 1 atom stereocenters. The number of aliphatic hydroxyl groups is 1. The summed E-state index contributed by atoms with van der Waals surface area (Å²) in [4.78, 5) is 4.40. The van der Waals surface area contributed by atoms with E-state index in [1.54, 1.807) is 6.92 Å². The molecule has 2 N–H and O–H groups in total. The van der Waals surface area contributed by atoms with Crippen molar-refractivity contribution in [2.45, 2.75) is 38.8 Å². The van der Waals surface area contributed by atoms with E-state index >= 15 is 0 Å². The highest BCUT2D eigenvalue weighted by Gasteiger charge is 2.21. The lowest BCUT2D eigenvalue weighted by Crippen LogP contribution is -2.05. The molecular formula is C11H16N2O. The SMILES string of the molecule is Cc1nc(NC2CC2)ccc1C(C)O. The van der Waals surface area contributed by atoms with Crippen molar-refractivity contribution < 1.29 is 5.11 Å². The maximum Gasteiger partial charge on any atom is 0.126 e. The number of rotatable bonds is 3. The topological polar surface area (TPSA) is 45.2 Å². The summed E-state index contributed by atoms with van der Waals surface area (Å²) in [5, 5.41) is 12.8. The van der Waals surface area contributed by atoms with Gasteiger partial charge in [-0.05, 0) is 32.8 Å². The number of nitrogens with zero attached hydrogens (tertiary/aromatic N) is 1. The van der Waals surface area contributed by atoms with Crippen LogP contribution in [0.2, 0.25) is 0 Å². The summed E-state index contributed by atoms with van der Waals surface area (Å²) in [5.41, 5.74) is 1.82. The molecule has 14 heavy (non-hydrogen) atoms. The average Bonchev–Trinajstić information content (AvgIpc) is 2.87. The van der Waals surface area contributed by atoms with Gasteiger partial charge < -0.3 is 10.4 Å². The van der Waals surface area contributed by atoms with Crippen molar-refractivity contribution in [1.82, 2.24) is 4.98 Å². The molecule has 1 aromatic rings. The maximum absolute atomic E-state index is 9.43. The fourth-order valence-corrected chi connectivity index (χ4v) is 1.53. The Morgan fingerprint density at radius 2 is 2.21 bits per heavy atom. The number of nitrogens with one attached hydrogen (secondary N) is 1. The summed E-state index contributed by atoms with van der Waals surface area (Å²) in [6.45, 7) is 3.69. The minimum atomic E-state index is -0.433. The van der Waals surface area contributed by atoms with Gasteiger partial charge in [0, 0.05) is 17.3 Å². The molecule has 0 radical (unpaired) electrons. The van der Waals surface area contributed by atoms with Gasteiger partial charge in [0.05, 0.1) is 6.10 Å². The number of aliphatic hydroxyl groups excluding tert-OH is 1. The third-order valence-corrected chi connectivity index (χ3v) is 2.51. The van der Waals surface area contributed by atoms with Crippen molar-refractivity contribution in [3.05, 3.63) is 23.4 Å². The number of hydrogen-bond donors (Lipinski definition) is 2. The van der Waals surface area contributed by atoms with Crippen LogP contribution in [0.1, 0.15) is 37.1 Å². The van der Waals surface area contributed by atoms with Crippen LogP contribution in [0.25, 0.3) is 0 Å². The molecule has 3 nitrogen and oxygen atoms in total. The standard InChI is InChI=1S/C11H16N2O/c1-7-10(8(2)14)5-6-11(12-7)13-9-3-4-9/h5-6,8-9,14H,3-4H2,1-2H3,(H,12,13). The van der Waals surface area contributed by atoms with Gasteiger partial charge in [-0.2, -0.15) is 0 Å². The summed E-state index contributed by atoms with van der Waals surface area (Å²) in [5.74, 6) is 0.925. The van der Waals surface area contributed by atoms with E-state index in [0.717, 1.165) is 17.1 Å². The molecule has 1 aromatic heterocycles. The molecule has 0 bridgehead atoms. The highest BCUT2D eigenvalue weighted by Crippen LogP contribution is 2.25. The Balaban J connectivity index is 2.16. The van der Waals surface area contributed by atoms with E-state index in [-0.39, 0.29) is 0 Å². The number of aryl methyl sites for hydroxylation is 1. The second-order valence-electron chi connectivity index (χ2n) is 3.97. The summed E-state index contributed by atoms with van der Waals surface area (Å²) < 4.78 is 0. The van der Waals surface area contributed by atoms with Crippen LogP contribution in [0, 0.1) is 6.92 Å². The third-order valence-electron chi connectivity index (χ3n) is 2.51. The number of anilines is 1. The first-order valence-corrected chi connectivity index (χ1v) is 5.09. The average molecular weight is 192 g/mol. The van der Waals surface area contributed by atoms with Crippen molar-refractivity contribution in [3.8, 4) is 0 Å². The number of pyridine rings is 1. The van der Waals surface area contributed by atoms with E-state index < -0.39 is 6.10 Å². The summed E-state index contributed by atoms with van der Waals surface area (Å²) in [6, 6.07) is 4.50. The van der Waals surface area contributed by atoms with E-state index in [9.17, 15) is 5.11 Å². The first kappa shape index (κ1) is 9.46. The van der Waals surface area contributed by atoms with Gasteiger partial charge >= 0.3 is 0 Å². The molecular weight excluding hydrogens is 176 g/mol. The Kier molecular flexibility index (Phi) is 2.42. The van der Waals surface area contributed by atoms with E-state index in [1.165, 1.54) is 12.8 Å². The molecule has 0 saturated heterocycles. The zero-order valence-electron chi connectivity index (χ0n) is 8.62. The highest BCUT2D eigenvalue weighted by atomic mass is 16.3. The summed E-state index contributed by atoms with van der Waals surface area (Å²) in [7, 11) is 0. The second kappa shape index (κ2) is 3.58. The molecule has 3 heteroatoms. The van der Waals surface area contributed by atoms with Crippen molar-refractivity contribution in [3.63, 3.8) is 0 Å². The van der Waals surface area contributed by atoms with Crippen LogP contribution in [-0.4, -0.2) is 16.1 Å². The Labute approximate surface area is 84.2 Å². The van der Waals surface area contributed by atoms with Crippen LogP contribution in [-0.2, 0) is 0 Å². The quantitative estimate of drug-likeness (QED) is 0.770. The van der Waals surface area contributed by atoms with Gasteiger partial charge in [-0.25, -0.2) is 4.98 Å². The van der Waals surface area contributed by atoms with E-state index in [4.69, 9.17) is 0 Å². The molecule has 0 amide bonds. The molecule has 76 valence electrons. The van der Waals surface area contributed by atoms with Gasteiger partial charge in [0.25, 0.3) is 0 Å². The van der Waals surface area contributed by atoms with Gasteiger partial charge in [0.15, 0.2) is 0 Å². The normalized spacial score (nSPS) is 17.9. The largest absolute Gasteiger partial charge is 0.389 e. The van der Waals surface area contributed by atoms with Crippen molar-refractivity contribution in [1.29, 1.82) is 0 Å². The summed E-state index contributed by atoms with van der Waals surface area (Å²) in [6.07, 6.45) is 2.06. The minimum absolute atomic E-state index is 0.433. The molecule has 2 rings (SSSR count). The van der Waals surface area contributed by atoms with E-state index in [2.05, 4.69) is 10.3 Å². The number of aromatic nitrogens is 1. The smallest absolute Gasteiger partial charge is 0.126 e. The van der Waals surface area contributed by atoms with E-state index in [0.29, 0.717) is 6.04 Å². The Morgan fingerprint density at radius 3 is 2.71 bits per heavy atom. The lowest BCUT2D eigenvalue weighted by atomic mass is 10.1. The van der Waals surface area contributed by atoms with Gasteiger partial charge in [0.2, 0.25) is 0 Å². The van der Waals surface area contributed by atoms with Gasteiger partial charge in [-0.3, -0.25) is 0 Å². The van der Waals surface area contributed by atoms with Gasteiger partial charge in [0.1, 0.15) is 5.82 Å². The molecule has 1 heterocycles. The zero-order valence-corrected chi connectivity index (χ0v) is 8.62. The van der Waals surface area contributed by atoms with Crippen LogP contribution in [0.4, 0.5) is 5.82 Å². The molecule has 1 aliphatic rings. The van der Waals surface area contributed by atoms with Crippen LogP contribution >= 0.6 is 0 Å². The van der Waals surface area contributed by atoms with Crippen LogP contribution < -0.4 is 5.32 Å². The predicted molar refractivity (Wildman–Crippen MR) is 56.3 cm³/mol. The molecule has 0 aliphatic heterocycles. The summed E-state index contributed by atoms with van der Waals surface area (Å²) >= 11 is 0. The molecule has 1 unspecified atom stereocenters. The molecule has 0 aromatic carbocycles. The Hall–Kier alpha value is -1.09. The third kappa shape index (κ3) is 2.04. The van der Waals surface area contributed by atoms with Crippen LogP contribution in [0.3, 0.4) is 0 Å². The zero-order chi connectivity index (χ0) is 10.1. The van der Waals surface area contributed by atoms with Crippen molar-refractivity contribution in [2.24, 2.45) is 0 Å². The van der Waals surface area contributed by atoms with Crippen molar-refractivity contribution >= 4 is 5.82 Å². The van der Waals surface area contributed by atoms with Gasteiger partial charge in [-0.1, -0.05) is 6.07 Å². The van der Waals surface area contributed by atoms with E-state index in [1.807, 2.05) is 19.1 Å². The predicted octanol–water partition coefficient (Wildman–Crippen LogP) is 2.02. The monoisotopic (exact) mass is 192 g/mol. The molecule has 1 fully saturated rings. The Bertz CT molecular complexity index is 332.